The van der Waals surface area contributed by atoms with Crippen molar-refractivity contribution < 1.29 is 8.78 Å². The van der Waals surface area contributed by atoms with Crippen molar-refractivity contribution in [2.24, 2.45) is 0 Å². The summed E-state index contributed by atoms with van der Waals surface area (Å²) in [7, 11) is 0. The molecular weight excluding hydrogens is 322 g/mol. The van der Waals surface area contributed by atoms with Crippen LogP contribution in [0.1, 0.15) is 5.56 Å². The summed E-state index contributed by atoms with van der Waals surface area (Å²) in [5.41, 5.74) is 1.68. The first-order valence-electron chi connectivity index (χ1n) is 7.77. The molecule has 0 radical (unpaired) electrons. The van der Waals surface area contributed by atoms with Crippen molar-refractivity contribution in [1.29, 1.82) is 0 Å². The summed E-state index contributed by atoms with van der Waals surface area (Å²) < 4.78 is 29.4. The highest BCUT2D eigenvalue weighted by atomic mass is 19.1. The second-order valence-electron chi connectivity index (χ2n) is 5.63. The van der Waals surface area contributed by atoms with E-state index < -0.39 is 0 Å². The summed E-state index contributed by atoms with van der Waals surface area (Å²) in [6.07, 6.45) is 3.33. The van der Waals surface area contributed by atoms with Gasteiger partial charge in [-0.3, -0.25) is 4.68 Å². The quantitative estimate of drug-likeness (QED) is 0.597. The van der Waals surface area contributed by atoms with Gasteiger partial charge in [-0.25, -0.2) is 13.8 Å². The van der Waals surface area contributed by atoms with Crippen LogP contribution in [0, 0.1) is 11.6 Å². The Hall–Kier alpha value is -3.28. The number of pyridine rings is 1. The van der Waals surface area contributed by atoms with Crippen LogP contribution < -0.4 is 5.32 Å². The van der Waals surface area contributed by atoms with Gasteiger partial charge in [0, 0.05) is 23.2 Å². The Morgan fingerprint density at radius 1 is 0.920 bits per heavy atom. The van der Waals surface area contributed by atoms with Gasteiger partial charge in [-0.1, -0.05) is 30.3 Å². The van der Waals surface area contributed by atoms with Gasteiger partial charge in [-0.15, -0.1) is 0 Å². The van der Waals surface area contributed by atoms with Crippen molar-refractivity contribution in [3.8, 4) is 0 Å². The smallest absolute Gasteiger partial charge is 0.146 e. The molecule has 0 atom stereocenters. The van der Waals surface area contributed by atoms with Crippen molar-refractivity contribution in [3.63, 3.8) is 0 Å². The predicted octanol–water partition coefficient (Wildman–Crippen LogP) is 4.50. The van der Waals surface area contributed by atoms with E-state index in [1.54, 1.807) is 59.5 Å². The topological polar surface area (TPSA) is 42.7 Å². The minimum absolute atomic E-state index is 0.273. The van der Waals surface area contributed by atoms with Crippen molar-refractivity contribution in [3.05, 3.63) is 84.2 Å². The number of para-hydroxylation sites is 1. The zero-order chi connectivity index (χ0) is 17.2. The highest BCUT2D eigenvalue weighted by Crippen LogP contribution is 2.22. The Morgan fingerprint density at radius 3 is 2.48 bits per heavy atom. The van der Waals surface area contributed by atoms with Crippen molar-refractivity contribution in [2.75, 3.05) is 5.32 Å². The molecule has 0 aliphatic heterocycles. The summed E-state index contributed by atoms with van der Waals surface area (Å²) in [4.78, 5) is 4.28. The van der Waals surface area contributed by atoms with Gasteiger partial charge in [0.05, 0.1) is 23.9 Å². The van der Waals surface area contributed by atoms with E-state index in [-0.39, 0.29) is 11.6 Å². The van der Waals surface area contributed by atoms with E-state index in [2.05, 4.69) is 15.4 Å². The van der Waals surface area contributed by atoms with Crippen molar-refractivity contribution in [2.45, 2.75) is 6.54 Å². The molecule has 1 N–H and O–H groups in total. The Labute approximate surface area is 142 Å². The lowest BCUT2D eigenvalue weighted by molar-refractivity contribution is 0.590. The molecule has 0 spiro atoms. The second-order valence-corrected chi connectivity index (χ2v) is 5.63. The molecule has 0 saturated carbocycles. The van der Waals surface area contributed by atoms with E-state index >= 15 is 0 Å². The number of nitrogens with zero attached hydrogens (tertiary/aromatic N) is 3. The minimum atomic E-state index is -0.357. The molecule has 0 aliphatic carbocycles. The van der Waals surface area contributed by atoms with Crippen LogP contribution >= 0.6 is 0 Å². The second kappa shape index (κ2) is 6.32. The largest absolute Gasteiger partial charge is 0.338 e. The first-order valence-corrected chi connectivity index (χ1v) is 7.77. The first kappa shape index (κ1) is 15.3. The normalized spacial score (nSPS) is 11.0. The van der Waals surface area contributed by atoms with Crippen LogP contribution in [-0.2, 0) is 6.54 Å². The summed E-state index contributed by atoms with van der Waals surface area (Å²) in [6.45, 7) is 0.305. The molecular formula is C19H14F2N4. The van der Waals surface area contributed by atoms with Gasteiger partial charge in [0.15, 0.2) is 0 Å². The molecule has 0 bridgehead atoms. The first-order chi connectivity index (χ1) is 12.2. The standard InChI is InChI=1S/C19H14F2N4/c20-15-6-2-1-5-13(15)12-25-18-9-19(22-10-14(18)11-23-25)24-17-8-4-3-7-16(17)21/h1-11H,12H2,(H,22,24). The van der Waals surface area contributed by atoms with Crippen LogP contribution in [0.4, 0.5) is 20.3 Å². The monoisotopic (exact) mass is 336 g/mol. The third-order valence-electron chi connectivity index (χ3n) is 3.94. The van der Waals surface area contributed by atoms with E-state index in [0.29, 0.717) is 23.6 Å². The molecule has 0 fully saturated rings. The fourth-order valence-electron chi connectivity index (χ4n) is 2.66. The molecule has 25 heavy (non-hydrogen) atoms. The Morgan fingerprint density at radius 2 is 1.68 bits per heavy atom. The predicted molar refractivity (Wildman–Crippen MR) is 92.7 cm³/mol. The maximum atomic E-state index is 13.9. The molecule has 4 aromatic rings. The molecule has 0 unspecified atom stereocenters. The molecule has 0 amide bonds. The van der Waals surface area contributed by atoms with Gasteiger partial charge in [0.2, 0.25) is 0 Å². The van der Waals surface area contributed by atoms with E-state index in [1.807, 2.05) is 0 Å². The van der Waals surface area contributed by atoms with Crippen LogP contribution in [0.15, 0.2) is 67.0 Å². The maximum absolute atomic E-state index is 13.9. The van der Waals surface area contributed by atoms with Crippen LogP contribution in [0.5, 0.6) is 0 Å². The van der Waals surface area contributed by atoms with Gasteiger partial charge in [0.1, 0.15) is 17.5 Å². The number of anilines is 2. The average molecular weight is 336 g/mol. The Bertz CT molecular complexity index is 1040. The van der Waals surface area contributed by atoms with Gasteiger partial charge < -0.3 is 5.32 Å². The van der Waals surface area contributed by atoms with E-state index in [1.165, 1.54) is 12.1 Å². The van der Waals surface area contributed by atoms with Crippen LogP contribution in [0.3, 0.4) is 0 Å². The summed E-state index contributed by atoms with van der Waals surface area (Å²) in [5, 5.41) is 8.09. The van der Waals surface area contributed by atoms with Gasteiger partial charge in [0.25, 0.3) is 0 Å². The summed E-state index contributed by atoms with van der Waals surface area (Å²) >= 11 is 0. The molecule has 2 aromatic carbocycles. The van der Waals surface area contributed by atoms with Gasteiger partial charge >= 0.3 is 0 Å². The van der Waals surface area contributed by atoms with Crippen molar-refractivity contribution in [1.82, 2.24) is 14.8 Å². The van der Waals surface area contributed by atoms with Crippen LogP contribution in [-0.4, -0.2) is 14.8 Å². The zero-order valence-corrected chi connectivity index (χ0v) is 13.2. The number of rotatable bonds is 4. The lowest BCUT2D eigenvalue weighted by Crippen LogP contribution is -2.04. The minimum Gasteiger partial charge on any atom is -0.338 e. The molecule has 6 heteroatoms. The number of halogens is 2. The third-order valence-corrected chi connectivity index (χ3v) is 3.94. The lowest BCUT2D eigenvalue weighted by atomic mass is 10.2. The molecule has 0 aliphatic rings. The molecule has 2 heterocycles. The van der Waals surface area contributed by atoms with E-state index in [4.69, 9.17) is 0 Å². The van der Waals surface area contributed by atoms with Crippen molar-refractivity contribution >= 4 is 22.4 Å². The summed E-state index contributed by atoms with van der Waals surface area (Å²) in [6, 6.07) is 14.7. The summed E-state index contributed by atoms with van der Waals surface area (Å²) in [5.74, 6) is -0.137. The highest BCUT2D eigenvalue weighted by molar-refractivity contribution is 5.81. The molecule has 0 saturated heterocycles. The van der Waals surface area contributed by atoms with Crippen LogP contribution in [0.25, 0.3) is 10.9 Å². The average Bonchev–Trinajstić information content (AvgIpc) is 3.01. The Kier molecular flexibility index (Phi) is 3.85. The molecule has 4 rings (SSSR count). The zero-order valence-electron chi connectivity index (χ0n) is 13.2. The Balaban J connectivity index is 1.68. The maximum Gasteiger partial charge on any atom is 0.146 e. The highest BCUT2D eigenvalue weighted by Gasteiger charge is 2.09. The third kappa shape index (κ3) is 3.06. The SMILES string of the molecule is Fc1ccccc1Cn1ncc2cnc(Nc3ccccc3F)cc21. The number of benzene rings is 2. The van der Waals surface area contributed by atoms with E-state index in [0.717, 1.165) is 10.9 Å². The fourth-order valence-corrected chi connectivity index (χ4v) is 2.66. The van der Waals surface area contributed by atoms with Gasteiger partial charge in [-0.05, 0) is 18.2 Å². The number of fused-ring (bicyclic) bond motifs is 1. The number of hydrogen-bond donors (Lipinski definition) is 1. The molecule has 4 nitrogen and oxygen atoms in total. The molecule has 124 valence electrons. The number of hydrogen-bond acceptors (Lipinski definition) is 3. The number of nitrogens with one attached hydrogen (secondary N) is 1. The fraction of sp³-hybridized carbons (Fsp3) is 0.0526. The molecule has 2 aromatic heterocycles. The lowest BCUT2D eigenvalue weighted by Gasteiger charge is -2.08. The van der Waals surface area contributed by atoms with E-state index in [9.17, 15) is 8.78 Å². The van der Waals surface area contributed by atoms with Gasteiger partial charge in [-0.2, -0.15) is 5.10 Å². The number of aromatic nitrogens is 3. The van der Waals surface area contributed by atoms with Crippen LogP contribution in [0.2, 0.25) is 0 Å².